The van der Waals surface area contributed by atoms with Gasteiger partial charge < -0.3 is 26.0 Å². The molecule has 0 aliphatic rings. The number of ether oxygens (including phenoxy) is 2. The Balaban J connectivity index is 2.05. The van der Waals surface area contributed by atoms with Gasteiger partial charge in [0.25, 0.3) is 0 Å². The predicted octanol–water partition coefficient (Wildman–Crippen LogP) is 1.49. The van der Waals surface area contributed by atoms with Crippen LogP contribution >= 0.6 is 0 Å². The van der Waals surface area contributed by atoms with E-state index in [4.69, 9.17) is 26.0 Å². The van der Waals surface area contributed by atoms with Gasteiger partial charge in [0, 0.05) is 31.7 Å². The molecule has 134 valence electrons. The lowest BCUT2D eigenvalue weighted by molar-refractivity contribution is -0.137. The summed E-state index contributed by atoms with van der Waals surface area (Å²) in [5, 5.41) is 8.77. The van der Waals surface area contributed by atoms with E-state index in [2.05, 4.69) is 9.97 Å². The minimum absolute atomic E-state index is 0.0306. The maximum Gasteiger partial charge on any atom is 0.303 e. The summed E-state index contributed by atoms with van der Waals surface area (Å²) in [6.45, 7) is 0.258. The first kappa shape index (κ1) is 18.5. The van der Waals surface area contributed by atoms with Gasteiger partial charge in [0.15, 0.2) is 0 Å². The number of nitrogens with zero attached hydrogens (tertiary/aromatic N) is 2. The Kier molecular flexibility index (Phi) is 6.53. The summed E-state index contributed by atoms with van der Waals surface area (Å²) in [5.74, 6) is 0.281. The van der Waals surface area contributed by atoms with Gasteiger partial charge in [-0.1, -0.05) is 18.2 Å². The van der Waals surface area contributed by atoms with Crippen molar-refractivity contribution in [2.24, 2.45) is 0 Å². The summed E-state index contributed by atoms with van der Waals surface area (Å²) >= 11 is 0. The normalized spacial score (nSPS) is 11.9. The fourth-order valence-electron chi connectivity index (χ4n) is 2.30. The number of aromatic nitrogens is 2. The molecule has 0 radical (unpaired) electrons. The lowest BCUT2D eigenvalue weighted by atomic mass is 10.1. The molecule has 0 fully saturated rings. The molecule has 8 nitrogen and oxygen atoms in total. The zero-order valence-corrected chi connectivity index (χ0v) is 14.0. The molecule has 1 unspecified atom stereocenters. The molecule has 0 saturated carbocycles. The second-order valence-corrected chi connectivity index (χ2v) is 5.52. The van der Waals surface area contributed by atoms with Crippen LogP contribution < -0.4 is 16.2 Å². The number of nitrogens with two attached hydrogens (primary N) is 2. The molecular formula is C17H22N4O4. The number of carboxylic acid groups (broad SMARTS) is 1. The third kappa shape index (κ3) is 5.61. The first-order chi connectivity index (χ1) is 12.0. The van der Waals surface area contributed by atoms with Crippen molar-refractivity contribution in [2.75, 3.05) is 25.2 Å². The highest BCUT2D eigenvalue weighted by Crippen LogP contribution is 2.23. The van der Waals surface area contributed by atoms with E-state index in [1.807, 2.05) is 24.3 Å². The van der Waals surface area contributed by atoms with Gasteiger partial charge in [-0.05, 0) is 18.1 Å². The fourth-order valence-corrected chi connectivity index (χ4v) is 2.30. The van der Waals surface area contributed by atoms with Crippen LogP contribution in [0.25, 0.3) is 0 Å². The number of para-hydroxylation sites is 1. The Bertz CT molecular complexity index is 724. The van der Waals surface area contributed by atoms with Gasteiger partial charge in [-0.25, -0.2) is 4.98 Å². The number of nitrogen functional groups attached to an aromatic ring is 2. The second-order valence-electron chi connectivity index (χ2n) is 5.52. The smallest absolute Gasteiger partial charge is 0.303 e. The number of carbonyl (C=O) groups is 1. The number of hydrogen-bond donors (Lipinski definition) is 3. The average molecular weight is 346 g/mol. The molecule has 25 heavy (non-hydrogen) atoms. The molecule has 8 heteroatoms. The summed E-state index contributed by atoms with van der Waals surface area (Å²) in [7, 11) is 1.54. The highest BCUT2D eigenvalue weighted by molar-refractivity contribution is 5.66. The summed E-state index contributed by atoms with van der Waals surface area (Å²) in [6.07, 6.45) is 2.21. The number of rotatable bonds is 9. The van der Waals surface area contributed by atoms with E-state index in [1.165, 1.54) is 7.11 Å². The monoisotopic (exact) mass is 346 g/mol. The van der Waals surface area contributed by atoms with Crippen LogP contribution in [0.4, 0.5) is 11.8 Å². The van der Waals surface area contributed by atoms with Gasteiger partial charge in [-0.3, -0.25) is 4.79 Å². The van der Waals surface area contributed by atoms with Crippen LogP contribution in [0.2, 0.25) is 0 Å². The van der Waals surface area contributed by atoms with Crippen molar-refractivity contribution in [1.82, 2.24) is 9.97 Å². The number of aliphatic carboxylic acids is 1. The Morgan fingerprint density at radius 3 is 2.72 bits per heavy atom. The van der Waals surface area contributed by atoms with Crippen molar-refractivity contribution in [3.63, 3.8) is 0 Å². The van der Waals surface area contributed by atoms with E-state index in [9.17, 15) is 4.79 Å². The number of methoxy groups -OCH3 is 1. The predicted molar refractivity (Wildman–Crippen MR) is 93.3 cm³/mol. The average Bonchev–Trinajstić information content (AvgIpc) is 2.58. The molecule has 0 bridgehead atoms. The molecule has 1 aromatic carbocycles. The summed E-state index contributed by atoms with van der Waals surface area (Å²) < 4.78 is 11.1. The molecule has 1 atom stereocenters. The van der Waals surface area contributed by atoms with E-state index < -0.39 is 5.97 Å². The number of hydrogen-bond acceptors (Lipinski definition) is 7. The van der Waals surface area contributed by atoms with Crippen molar-refractivity contribution in [2.45, 2.75) is 25.4 Å². The van der Waals surface area contributed by atoms with Crippen molar-refractivity contribution < 1.29 is 19.4 Å². The van der Waals surface area contributed by atoms with Gasteiger partial charge in [0.1, 0.15) is 18.2 Å². The van der Waals surface area contributed by atoms with E-state index in [0.29, 0.717) is 24.4 Å². The molecule has 0 aliphatic carbocycles. The van der Waals surface area contributed by atoms with Crippen LogP contribution in [0.3, 0.4) is 0 Å². The standard InChI is InChI=1S/C17H22N4O4/c1-24-13(6-7-15(22)23)10-25-14-5-3-2-4-11(14)8-12-9-20-17(19)21-16(12)18/h2-5,9,13H,6-8,10H2,1H3,(H,22,23)(H4,18,19,20,21). The van der Waals surface area contributed by atoms with Gasteiger partial charge in [0.2, 0.25) is 5.95 Å². The summed E-state index contributed by atoms with van der Waals surface area (Å²) in [6, 6.07) is 7.52. The van der Waals surface area contributed by atoms with Crippen LogP contribution in [-0.2, 0) is 16.0 Å². The van der Waals surface area contributed by atoms with E-state index in [-0.39, 0.29) is 25.1 Å². The third-order valence-corrected chi connectivity index (χ3v) is 3.71. The SMILES string of the molecule is COC(CCC(=O)O)COc1ccccc1Cc1cnc(N)nc1N. The maximum absolute atomic E-state index is 10.7. The van der Waals surface area contributed by atoms with Crippen LogP contribution in [-0.4, -0.2) is 40.9 Å². The molecule has 2 rings (SSSR count). The van der Waals surface area contributed by atoms with Gasteiger partial charge in [-0.15, -0.1) is 0 Å². The largest absolute Gasteiger partial charge is 0.491 e. The molecule has 0 aliphatic heterocycles. The number of carboxylic acids is 1. The third-order valence-electron chi connectivity index (χ3n) is 3.71. The number of anilines is 2. The second kappa shape index (κ2) is 8.84. The zero-order valence-electron chi connectivity index (χ0n) is 14.0. The van der Waals surface area contributed by atoms with Gasteiger partial charge in [0.05, 0.1) is 6.10 Å². The molecule has 2 aromatic rings. The van der Waals surface area contributed by atoms with Gasteiger partial charge in [-0.2, -0.15) is 4.98 Å². The van der Waals surface area contributed by atoms with Crippen molar-refractivity contribution >= 4 is 17.7 Å². The Hall–Kier alpha value is -2.87. The maximum atomic E-state index is 10.7. The first-order valence-corrected chi connectivity index (χ1v) is 7.81. The molecule has 1 aromatic heterocycles. The Morgan fingerprint density at radius 1 is 1.28 bits per heavy atom. The van der Waals surface area contributed by atoms with Crippen LogP contribution in [0.1, 0.15) is 24.0 Å². The molecule has 0 saturated heterocycles. The lowest BCUT2D eigenvalue weighted by Gasteiger charge is -2.17. The van der Waals surface area contributed by atoms with Crippen LogP contribution in [0, 0.1) is 0 Å². The molecular weight excluding hydrogens is 324 g/mol. The van der Waals surface area contributed by atoms with Crippen molar-refractivity contribution in [3.05, 3.63) is 41.6 Å². The lowest BCUT2D eigenvalue weighted by Crippen LogP contribution is -2.21. The van der Waals surface area contributed by atoms with E-state index in [1.54, 1.807) is 6.20 Å². The topological polar surface area (TPSA) is 134 Å². The van der Waals surface area contributed by atoms with E-state index in [0.717, 1.165) is 11.1 Å². The van der Waals surface area contributed by atoms with Crippen LogP contribution in [0.5, 0.6) is 5.75 Å². The molecule has 0 spiro atoms. The van der Waals surface area contributed by atoms with Crippen molar-refractivity contribution in [3.8, 4) is 5.75 Å². The first-order valence-electron chi connectivity index (χ1n) is 7.81. The van der Waals surface area contributed by atoms with Gasteiger partial charge >= 0.3 is 5.97 Å². The van der Waals surface area contributed by atoms with Crippen LogP contribution in [0.15, 0.2) is 30.5 Å². The summed E-state index contributed by atoms with van der Waals surface area (Å²) in [4.78, 5) is 18.6. The molecule has 1 heterocycles. The highest BCUT2D eigenvalue weighted by Gasteiger charge is 2.13. The van der Waals surface area contributed by atoms with Crippen molar-refractivity contribution in [1.29, 1.82) is 0 Å². The highest BCUT2D eigenvalue weighted by atomic mass is 16.5. The van der Waals surface area contributed by atoms with E-state index >= 15 is 0 Å². The Morgan fingerprint density at radius 2 is 2.04 bits per heavy atom. The summed E-state index contributed by atoms with van der Waals surface area (Å²) in [5.41, 5.74) is 13.1. The zero-order chi connectivity index (χ0) is 18.2. The Labute approximate surface area is 145 Å². The minimum atomic E-state index is -0.860. The fraction of sp³-hybridized carbons (Fsp3) is 0.353. The number of benzene rings is 1. The molecule has 5 N–H and O–H groups in total. The minimum Gasteiger partial charge on any atom is -0.491 e. The quantitative estimate of drug-likeness (QED) is 0.622. The molecule has 0 amide bonds.